The first kappa shape index (κ1) is 11.0. The van der Waals surface area contributed by atoms with E-state index in [1.54, 1.807) is 0 Å². The summed E-state index contributed by atoms with van der Waals surface area (Å²) in [5.41, 5.74) is 2.83. The van der Waals surface area contributed by atoms with Crippen LogP contribution in [0, 0.1) is 18.3 Å². The average Bonchev–Trinajstić information content (AvgIpc) is 2.65. The number of ether oxygens (including phenoxy) is 1. The molecule has 0 aliphatic carbocycles. The molecule has 1 aromatic carbocycles. The molecule has 1 atom stereocenters. The maximum Gasteiger partial charge on any atom is 0.0994 e. The molecule has 1 unspecified atom stereocenters. The summed E-state index contributed by atoms with van der Waals surface area (Å²) in [6.07, 6.45) is 1.02. The zero-order chi connectivity index (χ0) is 11.6. The monoisotopic (exact) mass is 216 g/mol. The second-order valence-electron chi connectivity index (χ2n) is 4.63. The van der Waals surface area contributed by atoms with Crippen LogP contribution in [0.1, 0.15) is 24.5 Å². The molecule has 1 saturated heterocycles. The SMILES string of the molecule is Cc1cc(NC2(C)CCOC2)ccc1C#N. The summed E-state index contributed by atoms with van der Waals surface area (Å²) in [4.78, 5) is 0. The van der Waals surface area contributed by atoms with Gasteiger partial charge in [-0.15, -0.1) is 0 Å². The van der Waals surface area contributed by atoms with Crippen LogP contribution < -0.4 is 5.32 Å². The van der Waals surface area contributed by atoms with E-state index in [-0.39, 0.29) is 5.54 Å². The Labute approximate surface area is 96.0 Å². The van der Waals surface area contributed by atoms with E-state index >= 15 is 0 Å². The zero-order valence-electron chi connectivity index (χ0n) is 9.71. The van der Waals surface area contributed by atoms with Crippen molar-refractivity contribution in [1.82, 2.24) is 0 Å². The first-order chi connectivity index (χ1) is 7.63. The van der Waals surface area contributed by atoms with Crippen molar-refractivity contribution in [3.8, 4) is 6.07 Å². The van der Waals surface area contributed by atoms with E-state index in [2.05, 4.69) is 18.3 Å². The molecule has 0 spiro atoms. The topological polar surface area (TPSA) is 45.0 Å². The fourth-order valence-corrected chi connectivity index (χ4v) is 1.98. The third-order valence-electron chi connectivity index (χ3n) is 3.01. The van der Waals surface area contributed by atoms with Gasteiger partial charge >= 0.3 is 0 Å². The molecule has 0 aromatic heterocycles. The van der Waals surface area contributed by atoms with E-state index in [4.69, 9.17) is 10.00 Å². The highest BCUT2D eigenvalue weighted by Gasteiger charge is 2.29. The van der Waals surface area contributed by atoms with Gasteiger partial charge in [0, 0.05) is 12.3 Å². The Kier molecular flexibility index (Phi) is 2.84. The molecular formula is C13H16N2O. The summed E-state index contributed by atoms with van der Waals surface area (Å²) in [6, 6.07) is 8.00. The lowest BCUT2D eigenvalue weighted by Crippen LogP contribution is -2.34. The van der Waals surface area contributed by atoms with Crippen molar-refractivity contribution in [3.05, 3.63) is 29.3 Å². The molecule has 3 nitrogen and oxygen atoms in total. The number of anilines is 1. The van der Waals surface area contributed by atoms with Crippen molar-refractivity contribution in [3.63, 3.8) is 0 Å². The van der Waals surface area contributed by atoms with Crippen LogP contribution in [0.2, 0.25) is 0 Å². The second-order valence-corrected chi connectivity index (χ2v) is 4.63. The van der Waals surface area contributed by atoms with Crippen LogP contribution in [0.3, 0.4) is 0 Å². The first-order valence-corrected chi connectivity index (χ1v) is 5.50. The number of aryl methyl sites for hydroxylation is 1. The summed E-state index contributed by atoms with van der Waals surface area (Å²) >= 11 is 0. The van der Waals surface area contributed by atoms with Crippen LogP contribution in [-0.4, -0.2) is 18.8 Å². The van der Waals surface area contributed by atoms with E-state index in [1.165, 1.54) is 0 Å². The Morgan fingerprint density at radius 2 is 2.31 bits per heavy atom. The fourth-order valence-electron chi connectivity index (χ4n) is 1.98. The average molecular weight is 216 g/mol. The van der Waals surface area contributed by atoms with Gasteiger partial charge in [-0.25, -0.2) is 0 Å². The van der Waals surface area contributed by atoms with Gasteiger partial charge in [-0.2, -0.15) is 5.26 Å². The largest absolute Gasteiger partial charge is 0.379 e. The van der Waals surface area contributed by atoms with E-state index in [9.17, 15) is 0 Å². The third-order valence-corrected chi connectivity index (χ3v) is 3.01. The molecule has 1 fully saturated rings. The van der Waals surface area contributed by atoms with Gasteiger partial charge in [0.2, 0.25) is 0 Å². The molecule has 1 aliphatic heterocycles. The van der Waals surface area contributed by atoms with Crippen LogP contribution in [-0.2, 0) is 4.74 Å². The summed E-state index contributed by atoms with van der Waals surface area (Å²) in [6.45, 7) is 5.68. The van der Waals surface area contributed by atoms with Crippen LogP contribution >= 0.6 is 0 Å². The van der Waals surface area contributed by atoms with Gasteiger partial charge in [-0.1, -0.05) is 0 Å². The summed E-state index contributed by atoms with van der Waals surface area (Å²) < 4.78 is 5.39. The number of nitrogens with one attached hydrogen (secondary N) is 1. The van der Waals surface area contributed by atoms with Crippen molar-refractivity contribution < 1.29 is 4.74 Å². The van der Waals surface area contributed by atoms with Crippen molar-refractivity contribution in [2.24, 2.45) is 0 Å². The van der Waals surface area contributed by atoms with E-state index < -0.39 is 0 Å². The van der Waals surface area contributed by atoms with Gasteiger partial charge in [0.25, 0.3) is 0 Å². The lowest BCUT2D eigenvalue weighted by Gasteiger charge is -2.25. The molecule has 84 valence electrons. The van der Waals surface area contributed by atoms with E-state index in [1.807, 2.05) is 25.1 Å². The quantitative estimate of drug-likeness (QED) is 0.826. The second kappa shape index (κ2) is 4.15. The fraction of sp³-hybridized carbons (Fsp3) is 0.462. The van der Waals surface area contributed by atoms with Gasteiger partial charge in [-0.3, -0.25) is 0 Å². The van der Waals surface area contributed by atoms with Crippen LogP contribution in [0.4, 0.5) is 5.69 Å². The minimum absolute atomic E-state index is 0.0284. The summed E-state index contributed by atoms with van der Waals surface area (Å²) in [7, 11) is 0. The van der Waals surface area contributed by atoms with Crippen LogP contribution in [0.5, 0.6) is 0 Å². The highest BCUT2D eigenvalue weighted by atomic mass is 16.5. The maximum absolute atomic E-state index is 8.85. The third kappa shape index (κ3) is 2.17. The van der Waals surface area contributed by atoms with Crippen molar-refractivity contribution >= 4 is 5.69 Å². The van der Waals surface area contributed by atoms with Gasteiger partial charge in [-0.05, 0) is 44.0 Å². The summed E-state index contributed by atoms with van der Waals surface area (Å²) in [5, 5.41) is 12.3. The minimum Gasteiger partial charge on any atom is -0.379 e. The molecule has 3 heteroatoms. The highest BCUT2D eigenvalue weighted by molar-refractivity contribution is 5.53. The molecule has 1 heterocycles. The Morgan fingerprint density at radius 3 is 2.88 bits per heavy atom. The molecule has 0 saturated carbocycles. The predicted molar refractivity (Wildman–Crippen MR) is 63.4 cm³/mol. The number of nitriles is 1. The van der Waals surface area contributed by atoms with E-state index in [0.717, 1.165) is 36.4 Å². The molecule has 1 N–H and O–H groups in total. The van der Waals surface area contributed by atoms with Crippen molar-refractivity contribution in [2.75, 3.05) is 18.5 Å². The minimum atomic E-state index is 0.0284. The number of hydrogen-bond donors (Lipinski definition) is 1. The van der Waals surface area contributed by atoms with E-state index in [0.29, 0.717) is 0 Å². The first-order valence-electron chi connectivity index (χ1n) is 5.50. The number of nitrogens with zero attached hydrogens (tertiary/aromatic N) is 1. The molecule has 2 rings (SSSR count). The van der Waals surface area contributed by atoms with Gasteiger partial charge in [0.15, 0.2) is 0 Å². The van der Waals surface area contributed by atoms with Gasteiger partial charge in [0.05, 0.1) is 23.8 Å². The van der Waals surface area contributed by atoms with Crippen molar-refractivity contribution in [2.45, 2.75) is 25.8 Å². The number of benzene rings is 1. The molecule has 16 heavy (non-hydrogen) atoms. The van der Waals surface area contributed by atoms with Gasteiger partial charge in [0.1, 0.15) is 0 Å². The Bertz CT molecular complexity index is 428. The van der Waals surface area contributed by atoms with Gasteiger partial charge < -0.3 is 10.1 Å². The molecule has 0 bridgehead atoms. The zero-order valence-corrected chi connectivity index (χ0v) is 9.71. The molecule has 1 aromatic rings. The number of hydrogen-bond acceptors (Lipinski definition) is 3. The Morgan fingerprint density at radius 1 is 1.50 bits per heavy atom. The smallest absolute Gasteiger partial charge is 0.0994 e. The lowest BCUT2D eigenvalue weighted by molar-refractivity contribution is 0.185. The molecule has 0 amide bonds. The Hall–Kier alpha value is -1.53. The highest BCUT2D eigenvalue weighted by Crippen LogP contribution is 2.24. The number of rotatable bonds is 2. The normalized spacial score (nSPS) is 24.1. The van der Waals surface area contributed by atoms with Crippen LogP contribution in [0.15, 0.2) is 18.2 Å². The Balaban J connectivity index is 2.16. The summed E-state index contributed by atoms with van der Waals surface area (Å²) in [5.74, 6) is 0. The molecule has 1 aliphatic rings. The maximum atomic E-state index is 8.85. The predicted octanol–water partition coefficient (Wildman–Crippen LogP) is 2.46. The molecular weight excluding hydrogens is 200 g/mol. The standard InChI is InChI=1S/C13H16N2O/c1-10-7-12(4-3-11(10)8-14)15-13(2)5-6-16-9-13/h3-4,7,15H,5-6,9H2,1-2H3. The van der Waals surface area contributed by atoms with Crippen LogP contribution in [0.25, 0.3) is 0 Å². The van der Waals surface area contributed by atoms with Crippen molar-refractivity contribution in [1.29, 1.82) is 5.26 Å². The molecule has 0 radical (unpaired) electrons. The lowest BCUT2D eigenvalue weighted by atomic mass is 10.0.